The zero-order valence-corrected chi connectivity index (χ0v) is 10.1. The molecule has 1 aliphatic heterocycles. The standard InChI is InChI=1S/C9H9Cl2F2N3O/c10-4-1-15-16(9(17)7(4)11)8-5(12)2-14-3-6(8)13/h1,5-6,8,14H,2-3H2/t5-,6+,8?. The highest BCUT2D eigenvalue weighted by Crippen LogP contribution is 2.24. The zero-order valence-electron chi connectivity index (χ0n) is 8.54. The minimum absolute atomic E-state index is 0.0283. The van der Waals surface area contributed by atoms with Gasteiger partial charge in [0.25, 0.3) is 5.56 Å². The number of nitrogens with one attached hydrogen (secondary N) is 1. The van der Waals surface area contributed by atoms with E-state index in [2.05, 4.69) is 10.4 Å². The second-order valence-corrected chi connectivity index (χ2v) is 4.52. The van der Waals surface area contributed by atoms with Crippen molar-refractivity contribution in [2.75, 3.05) is 13.1 Å². The Morgan fingerprint density at radius 1 is 1.35 bits per heavy atom. The Labute approximate surface area is 106 Å². The maximum absolute atomic E-state index is 13.6. The molecule has 0 saturated carbocycles. The van der Waals surface area contributed by atoms with Gasteiger partial charge in [-0.25, -0.2) is 13.5 Å². The van der Waals surface area contributed by atoms with Gasteiger partial charge in [0.1, 0.15) is 23.4 Å². The van der Waals surface area contributed by atoms with E-state index < -0.39 is 23.9 Å². The van der Waals surface area contributed by atoms with Gasteiger partial charge >= 0.3 is 0 Å². The van der Waals surface area contributed by atoms with Gasteiger partial charge < -0.3 is 5.32 Å². The van der Waals surface area contributed by atoms with Crippen molar-refractivity contribution in [3.63, 3.8) is 0 Å². The Bertz CT molecular complexity index is 472. The summed E-state index contributed by atoms with van der Waals surface area (Å²) in [5.41, 5.74) is -0.781. The van der Waals surface area contributed by atoms with Gasteiger partial charge in [-0.1, -0.05) is 23.2 Å². The van der Waals surface area contributed by atoms with Crippen LogP contribution in [0.25, 0.3) is 0 Å². The predicted molar refractivity (Wildman–Crippen MR) is 60.2 cm³/mol. The summed E-state index contributed by atoms with van der Waals surface area (Å²) in [4.78, 5) is 11.7. The van der Waals surface area contributed by atoms with Crippen LogP contribution in [0.5, 0.6) is 0 Å². The fourth-order valence-corrected chi connectivity index (χ4v) is 2.03. The number of nitrogens with zero attached hydrogens (tertiary/aromatic N) is 2. The molecule has 1 aromatic rings. The Morgan fingerprint density at radius 2 is 1.94 bits per heavy atom. The minimum atomic E-state index is -1.54. The van der Waals surface area contributed by atoms with Crippen molar-refractivity contribution in [3.05, 3.63) is 26.6 Å². The van der Waals surface area contributed by atoms with E-state index in [1.165, 1.54) is 0 Å². The molecule has 0 bridgehead atoms. The van der Waals surface area contributed by atoms with E-state index in [0.717, 1.165) is 10.9 Å². The molecule has 1 fully saturated rings. The number of hydrogen-bond donors (Lipinski definition) is 1. The summed E-state index contributed by atoms with van der Waals surface area (Å²) < 4.78 is 28.0. The van der Waals surface area contributed by atoms with Gasteiger partial charge in [-0.15, -0.1) is 0 Å². The number of alkyl halides is 2. The predicted octanol–water partition coefficient (Wildman–Crippen LogP) is 1.37. The number of halogens is 4. The van der Waals surface area contributed by atoms with Crippen LogP contribution in [0.15, 0.2) is 11.0 Å². The summed E-state index contributed by atoms with van der Waals surface area (Å²) >= 11 is 11.2. The molecule has 1 aliphatic rings. The van der Waals surface area contributed by atoms with E-state index in [1.807, 2.05) is 0 Å². The molecular formula is C9H9Cl2F2N3O. The average Bonchev–Trinajstić information content (AvgIpc) is 2.29. The van der Waals surface area contributed by atoms with Crippen molar-refractivity contribution in [3.8, 4) is 0 Å². The molecule has 1 aromatic heterocycles. The molecule has 4 nitrogen and oxygen atoms in total. The summed E-state index contributed by atoms with van der Waals surface area (Å²) in [6.07, 6.45) is -1.98. The third kappa shape index (κ3) is 2.29. The van der Waals surface area contributed by atoms with Crippen LogP contribution >= 0.6 is 23.2 Å². The maximum atomic E-state index is 13.6. The van der Waals surface area contributed by atoms with E-state index in [0.29, 0.717) is 0 Å². The lowest BCUT2D eigenvalue weighted by Crippen LogP contribution is -2.50. The fraction of sp³-hybridized carbons (Fsp3) is 0.556. The maximum Gasteiger partial charge on any atom is 0.287 e. The minimum Gasteiger partial charge on any atom is -0.311 e. The number of piperidine rings is 1. The Kier molecular flexibility index (Phi) is 3.65. The van der Waals surface area contributed by atoms with Gasteiger partial charge in [0, 0.05) is 13.1 Å². The summed E-state index contributed by atoms with van der Waals surface area (Å²) in [6, 6.07) is -1.27. The van der Waals surface area contributed by atoms with Gasteiger partial charge in [-0.3, -0.25) is 4.79 Å². The lowest BCUT2D eigenvalue weighted by Gasteiger charge is -2.30. The molecular weight excluding hydrogens is 275 g/mol. The molecule has 3 atom stereocenters. The Hall–Kier alpha value is -0.720. The van der Waals surface area contributed by atoms with Crippen LogP contribution < -0.4 is 10.9 Å². The van der Waals surface area contributed by atoms with Gasteiger partial charge in [-0.05, 0) is 0 Å². The van der Waals surface area contributed by atoms with Crippen LogP contribution in [-0.4, -0.2) is 35.2 Å². The Balaban J connectivity index is 2.46. The quantitative estimate of drug-likeness (QED) is 0.847. The summed E-state index contributed by atoms with van der Waals surface area (Å²) in [5, 5.41) is 5.91. The van der Waals surface area contributed by atoms with Crippen LogP contribution in [0.1, 0.15) is 6.04 Å². The third-order valence-electron chi connectivity index (χ3n) is 2.60. The lowest BCUT2D eigenvalue weighted by atomic mass is 10.0. The third-order valence-corrected chi connectivity index (χ3v) is 3.35. The molecule has 1 unspecified atom stereocenters. The van der Waals surface area contributed by atoms with Crippen LogP contribution in [0.3, 0.4) is 0 Å². The molecule has 17 heavy (non-hydrogen) atoms. The van der Waals surface area contributed by atoms with Crippen LogP contribution in [-0.2, 0) is 0 Å². The van der Waals surface area contributed by atoms with Crippen molar-refractivity contribution in [1.29, 1.82) is 0 Å². The van der Waals surface area contributed by atoms with Gasteiger partial charge in [0.2, 0.25) is 0 Å². The number of hydrogen-bond acceptors (Lipinski definition) is 3. The van der Waals surface area contributed by atoms with Crippen LogP contribution in [0.4, 0.5) is 8.78 Å². The molecule has 94 valence electrons. The lowest BCUT2D eigenvalue weighted by molar-refractivity contribution is 0.0847. The topological polar surface area (TPSA) is 46.9 Å². The van der Waals surface area contributed by atoms with Gasteiger partial charge in [0.05, 0.1) is 11.2 Å². The molecule has 0 spiro atoms. The SMILES string of the molecule is O=c1c(Cl)c(Cl)cnn1C1[C@H](F)CNC[C@@H]1F. The highest BCUT2D eigenvalue weighted by atomic mass is 35.5. The second-order valence-electron chi connectivity index (χ2n) is 3.74. The number of aromatic nitrogens is 2. The van der Waals surface area contributed by atoms with E-state index in [1.54, 1.807) is 0 Å². The highest BCUT2D eigenvalue weighted by Gasteiger charge is 2.36. The number of rotatable bonds is 1. The first-order valence-electron chi connectivity index (χ1n) is 4.94. The monoisotopic (exact) mass is 283 g/mol. The normalized spacial score (nSPS) is 29.3. The van der Waals surface area contributed by atoms with Gasteiger partial charge in [0.15, 0.2) is 0 Å². The molecule has 0 aromatic carbocycles. The average molecular weight is 284 g/mol. The summed E-state index contributed by atoms with van der Waals surface area (Å²) in [5.74, 6) is 0. The fourth-order valence-electron chi connectivity index (χ4n) is 1.77. The van der Waals surface area contributed by atoms with Gasteiger partial charge in [-0.2, -0.15) is 5.10 Å². The second kappa shape index (κ2) is 4.88. The van der Waals surface area contributed by atoms with E-state index >= 15 is 0 Å². The molecule has 0 amide bonds. The summed E-state index contributed by atoms with van der Waals surface area (Å²) in [7, 11) is 0. The zero-order chi connectivity index (χ0) is 12.6. The summed E-state index contributed by atoms with van der Waals surface area (Å²) in [6.45, 7) is -0.0566. The molecule has 1 saturated heterocycles. The Morgan fingerprint density at radius 3 is 2.53 bits per heavy atom. The van der Waals surface area contributed by atoms with E-state index in [-0.39, 0.29) is 23.1 Å². The van der Waals surface area contributed by atoms with Crippen molar-refractivity contribution < 1.29 is 8.78 Å². The first-order chi connectivity index (χ1) is 8.02. The van der Waals surface area contributed by atoms with E-state index in [4.69, 9.17) is 23.2 Å². The van der Waals surface area contributed by atoms with Crippen molar-refractivity contribution in [2.24, 2.45) is 0 Å². The van der Waals surface area contributed by atoms with Crippen molar-refractivity contribution >= 4 is 23.2 Å². The van der Waals surface area contributed by atoms with Crippen molar-refractivity contribution in [1.82, 2.24) is 15.1 Å². The van der Waals surface area contributed by atoms with Crippen molar-refractivity contribution in [2.45, 2.75) is 18.4 Å². The molecule has 0 radical (unpaired) electrons. The first kappa shape index (κ1) is 12.7. The molecule has 0 aliphatic carbocycles. The molecule has 2 rings (SSSR count). The van der Waals surface area contributed by atoms with Crippen LogP contribution in [0.2, 0.25) is 10.0 Å². The first-order valence-corrected chi connectivity index (χ1v) is 5.69. The highest BCUT2D eigenvalue weighted by molar-refractivity contribution is 6.41. The van der Waals surface area contributed by atoms with E-state index in [9.17, 15) is 13.6 Å². The van der Waals surface area contributed by atoms with Crippen LogP contribution in [0, 0.1) is 0 Å². The molecule has 2 heterocycles. The smallest absolute Gasteiger partial charge is 0.287 e. The molecule has 1 N–H and O–H groups in total. The molecule has 8 heteroatoms. The largest absolute Gasteiger partial charge is 0.311 e.